The first-order valence-electron chi connectivity index (χ1n) is 7.88. The molecule has 1 heterocycles. The van der Waals surface area contributed by atoms with Crippen molar-refractivity contribution < 1.29 is 4.74 Å². The molecular weight excluding hydrogens is 282 g/mol. The highest BCUT2D eigenvalue weighted by Crippen LogP contribution is 2.32. The topological polar surface area (TPSA) is 12.5 Å². The normalized spacial score (nSPS) is 25.1. The van der Waals surface area contributed by atoms with E-state index in [4.69, 9.17) is 16.3 Å². The summed E-state index contributed by atoms with van der Waals surface area (Å²) in [7, 11) is 0. The summed E-state index contributed by atoms with van der Waals surface area (Å²) in [4.78, 5) is 2.44. The molecule has 1 aliphatic heterocycles. The molecule has 3 heteroatoms. The zero-order chi connectivity index (χ0) is 15.7. The quantitative estimate of drug-likeness (QED) is 0.771. The van der Waals surface area contributed by atoms with E-state index >= 15 is 0 Å². The van der Waals surface area contributed by atoms with Crippen LogP contribution in [-0.2, 0) is 4.74 Å². The summed E-state index contributed by atoms with van der Waals surface area (Å²) in [5.74, 6) is 0. The zero-order valence-electron chi connectivity index (χ0n) is 14.2. The summed E-state index contributed by atoms with van der Waals surface area (Å²) in [5, 5.41) is 0.0427. The second-order valence-electron chi connectivity index (χ2n) is 6.62. The van der Waals surface area contributed by atoms with Crippen LogP contribution in [0, 0.1) is 27.7 Å². The maximum absolute atomic E-state index is 6.81. The van der Waals surface area contributed by atoms with Gasteiger partial charge in [-0.15, -0.1) is 11.6 Å². The molecule has 0 N–H and O–H groups in total. The molecule has 0 aromatic heterocycles. The fraction of sp³-hybridized carbons (Fsp3) is 0.667. The third kappa shape index (κ3) is 3.80. The molecular formula is C18H28ClNO. The van der Waals surface area contributed by atoms with E-state index in [0.717, 1.165) is 19.6 Å². The Labute approximate surface area is 134 Å². The summed E-state index contributed by atoms with van der Waals surface area (Å²) in [6.07, 6.45) is 0.582. The number of rotatable bonds is 3. The Morgan fingerprint density at radius 3 is 2.05 bits per heavy atom. The molecule has 1 aromatic rings. The van der Waals surface area contributed by atoms with Crippen LogP contribution in [0.5, 0.6) is 0 Å². The van der Waals surface area contributed by atoms with Gasteiger partial charge in [0.1, 0.15) is 0 Å². The van der Waals surface area contributed by atoms with Gasteiger partial charge in [0, 0.05) is 19.6 Å². The molecule has 1 aliphatic rings. The highest BCUT2D eigenvalue weighted by Gasteiger charge is 2.25. The molecule has 0 radical (unpaired) electrons. The number of hydrogen-bond acceptors (Lipinski definition) is 2. The van der Waals surface area contributed by atoms with Gasteiger partial charge in [0.15, 0.2) is 0 Å². The first kappa shape index (κ1) is 16.8. The SMILES string of the molecule is Cc1cc(C)c(C)c(C(Cl)CN2CC(C)OC(C)C2)c1C. The Hall–Kier alpha value is -0.570. The van der Waals surface area contributed by atoms with Crippen LogP contribution in [0.1, 0.15) is 47.0 Å². The summed E-state index contributed by atoms with van der Waals surface area (Å²) in [6.45, 7) is 15.8. The van der Waals surface area contributed by atoms with Gasteiger partial charge in [0.2, 0.25) is 0 Å². The summed E-state index contributed by atoms with van der Waals surface area (Å²) < 4.78 is 5.80. The second-order valence-corrected chi connectivity index (χ2v) is 7.14. The molecule has 3 unspecified atom stereocenters. The van der Waals surface area contributed by atoms with Crippen LogP contribution in [0.2, 0.25) is 0 Å². The first-order chi connectivity index (χ1) is 9.79. The van der Waals surface area contributed by atoms with E-state index in [0.29, 0.717) is 12.2 Å². The van der Waals surface area contributed by atoms with E-state index in [1.165, 1.54) is 27.8 Å². The lowest BCUT2D eigenvalue weighted by Crippen LogP contribution is -2.46. The summed E-state index contributed by atoms with van der Waals surface area (Å²) in [6, 6.07) is 2.26. The van der Waals surface area contributed by atoms with Crippen LogP contribution in [-0.4, -0.2) is 36.7 Å². The zero-order valence-corrected chi connectivity index (χ0v) is 14.9. The molecule has 3 atom stereocenters. The maximum Gasteiger partial charge on any atom is 0.0717 e. The number of alkyl halides is 1. The van der Waals surface area contributed by atoms with E-state index in [9.17, 15) is 0 Å². The van der Waals surface area contributed by atoms with Crippen LogP contribution in [0.3, 0.4) is 0 Å². The van der Waals surface area contributed by atoms with E-state index in [-0.39, 0.29) is 5.38 Å². The molecule has 2 nitrogen and oxygen atoms in total. The van der Waals surface area contributed by atoms with Gasteiger partial charge < -0.3 is 4.74 Å². The Kier molecular flexibility index (Phi) is 5.34. The minimum absolute atomic E-state index is 0.0427. The molecule has 2 rings (SSSR count). The number of aryl methyl sites for hydroxylation is 2. The lowest BCUT2D eigenvalue weighted by atomic mass is 9.92. The van der Waals surface area contributed by atoms with Gasteiger partial charge in [-0.1, -0.05) is 6.07 Å². The molecule has 1 saturated heterocycles. The monoisotopic (exact) mass is 309 g/mol. The Morgan fingerprint density at radius 2 is 1.57 bits per heavy atom. The number of nitrogens with zero attached hydrogens (tertiary/aromatic N) is 1. The Morgan fingerprint density at radius 1 is 1.10 bits per heavy atom. The van der Waals surface area contributed by atoms with Crippen molar-refractivity contribution in [2.24, 2.45) is 0 Å². The predicted molar refractivity (Wildman–Crippen MR) is 90.4 cm³/mol. The van der Waals surface area contributed by atoms with E-state index in [1.807, 2.05) is 0 Å². The van der Waals surface area contributed by atoms with Gasteiger partial charge in [0.25, 0.3) is 0 Å². The van der Waals surface area contributed by atoms with Crippen LogP contribution < -0.4 is 0 Å². The van der Waals surface area contributed by atoms with Crippen LogP contribution >= 0.6 is 11.6 Å². The summed E-state index contributed by atoms with van der Waals surface area (Å²) >= 11 is 6.81. The standard InChI is InChI=1S/C18H28ClNO/c1-11-7-12(2)16(6)18(15(11)5)17(19)10-20-8-13(3)21-14(4)9-20/h7,13-14,17H,8-10H2,1-6H3. The third-order valence-electron chi connectivity index (χ3n) is 4.65. The average Bonchev–Trinajstić information content (AvgIpc) is 2.35. The lowest BCUT2D eigenvalue weighted by Gasteiger charge is -2.36. The Bertz CT molecular complexity index is 478. The molecule has 0 saturated carbocycles. The van der Waals surface area contributed by atoms with Gasteiger partial charge in [-0.25, -0.2) is 0 Å². The minimum atomic E-state index is 0.0427. The highest BCUT2D eigenvalue weighted by atomic mass is 35.5. The van der Waals surface area contributed by atoms with Crippen molar-refractivity contribution in [3.8, 4) is 0 Å². The number of benzene rings is 1. The molecule has 118 valence electrons. The smallest absolute Gasteiger partial charge is 0.0717 e. The Balaban J connectivity index is 2.19. The largest absolute Gasteiger partial charge is 0.373 e. The predicted octanol–water partition coefficient (Wildman–Crippen LogP) is 4.31. The van der Waals surface area contributed by atoms with Crippen LogP contribution in [0.25, 0.3) is 0 Å². The van der Waals surface area contributed by atoms with Gasteiger partial charge in [-0.2, -0.15) is 0 Å². The second kappa shape index (κ2) is 6.68. The minimum Gasteiger partial charge on any atom is -0.373 e. The van der Waals surface area contributed by atoms with Crippen molar-refractivity contribution in [3.05, 3.63) is 33.9 Å². The molecule has 1 aromatic carbocycles. The van der Waals surface area contributed by atoms with Crippen molar-refractivity contribution in [2.75, 3.05) is 19.6 Å². The van der Waals surface area contributed by atoms with E-state index in [1.54, 1.807) is 0 Å². The van der Waals surface area contributed by atoms with Gasteiger partial charge in [-0.3, -0.25) is 4.90 Å². The molecule has 1 fully saturated rings. The van der Waals surface area contributed by atoms with Crippen LogP contribution in [0.15, 0.2) is 6.07 Å². The lowest BCUT2D eigenvalue weighted by molar-refractivity contribution is -0.0678. The van der Waals surface area contributed by atoms with Gasteiger partial charge >= 0.3 is 0 Å². The first-order valence-corrected chi connectivity index (χ1v) is 8.32. The van der Waals surface area contributed by atoms with Crippen molar-refractivity contribution >= 4 is 11.6 Å². The molecule has 0 spiro atoms. The summed E-state index contributed by atoms with van der Waals surface area (Å²) in [5.41, 5.74) is 6.67. The van der Waals surface area contributed by atoms with Crippen molar-refractivity contribution in [1.82, 2.24) is 4.90 Å². The van der Waals surface area contributed by atoms with Crippen molar-refractivity contribution in [2.45, 2.75) is 59.1 Å². The van der Waals surface area contributed by atoms with E-state index in [2.05, 4.69) is 52.5 Å². The van der Waals surface area contributed by atoms with Gasteiger partial charge in [0.05, 0.1) is 17.6 Å². The fourth-order valence-corrected chi connectivity index (χ4v) is 3.99. The average molecular weight is 310 g/mol. The number of ether oxygens (including phenoxy) is 1. The highest BCUT2D eigenvalue weighted by molar-refractivity contribution is 6.21. The number of halogens is 1. The van der Waals surface area contributed by atoms with Crippen molar-refractivity contribution in [1.29, 1.82) is 0 Å². The maximum atomic E-state index is 6.81. The third-order valence-corrected chi connectivity index (χ3v) is 5.01. The van der Waals surface area contributed by atoms with Crippen molar-refractivity contribution in [3.63, 3.8) is 0 Å². The van der Waals surface area contributed by atoms with E-state index < -0.39 is 0 Å². The number of hydrogen-bond donors (Lipinski definition) is 0. The molecule has 0 aliphatic carbocycles. The number of morpholine rings is 1. The van der Waals surface area contributed by atoms with Gasteiger partial charge in [-0.05, 0) is 69.4 Å². The molecule has 21 heavy (non-hydrogen) atoms. The molecule has 0 amide bonds. The molecule has 0 bridgehead atoms. The fourth-order valence-electron chi connectivity index (χ4n) is 3.47. The van der Waals surface area contributed by atoms with Crippen LogP contribution in [0.4, 0.5) is 0 Å².